The molecule has 15 heavy (non-hydrogen) atoms. The molecule has 1 aromatic rings. The Kier molecular flexibility index (Phi) is 3.54. The third kappa shape index (κ3) is 2.89. The molecule has 0 saturated heterocycles. The minimum atomic E-state index is -0.678. The average Bonchev–Trinajstić information content (AvgIpc) is 2.59. The maximum absolute atomic E-state index is 10.9. The lowest BCUT2D eigenvalue weighted by Crippen LogP contribution is -2.32. The van der Waals surface area contributed by atoms with Crippen LogP contribution in [-0.4, -0.2) is 28.8 Å². The van der Waals surface area contributed by atoms with Gasteiger partial charge < -0.3 is 5.32 Å². The molecule has 2 rings (SSSR count). The molecule has 0 fully saturated rings. The molecule has 1 aliphatic rings. The molecule has 1 N–H and O–H groups in total. The largest absolute Gasteiger partial charge is 0.312 e. The highest BCUT2D eigenvalue weighted by atomic mass is 32.2. The van der Waals surface area contributed by atoms with Crippen molar-refractivity contribution in [2.45, 2.75) is 18.9 Å². The molecule has 0 heterocycles. The van der Waals surface area contributed by atoms with Gasteiger partial charge in [-0.1, -0.05) is 24.3 Å². The molecule has 82 valence electrons. The SMILES string of the molecule is CS(=O)CCNC1Cc2ccccc2C1. The van der Waals surface area contributed by atoms with E-state index in [1.165, 1.54) is 11.1 Å². The maximum atomic E-state index is 10.9. The predicted octanol–water partition coefficient (Wildman–Crippen LogP) is 1.12. The van der Waals surface area contributed by atoms with Gasteiger partial charge in [-0.25, -0.2) is 0 Å². The Morgan fingerprint density at radius 1 is 1.33 bits per heavy atom. The van der Waals surface area contributed by atoms with Crippen molar-refractivity contribution in [3.63, 3.8) is 0 Å². The number of hydrogen-bond acceptors (Lipinski definition) is 2. The summed E-state index contributed by atoms with van der Waals surface area (Å²) in [5.74, 6) is 0.757. The lowest BCUT2D eigenvalue weighted by molar-refractivity contribution is 0.552. The summed E-state index contributed by atoms with van der Waals surface area (Å²) in [4.78, 5) is 0. The Morgan fingerprint density at radius 3 is 2.47 bits per heavy atom. The van der Waals surface area contributed by atoms with Crippen LogP contribution in [0.15, 0.2) is 24.3 Å². The van der Waals surface area contributed by atoms with E-state index in [-0.39, 0.29) is 0 Å². The third-order valence-corrected chi connectivity index (χ3v) is 3.65. The van der Waals surface area contributed by atoms with E-state index in [4.69, 9.17) is 0 Å². The molecule has 0 bridgehead atoms. The van der Waals surface area contributed by atoms with Gasteiger partial charge in [0.1, 0.15) is 0 Å². The number of benzene rings is 1. The van der Waals surface area contributed by atoms with Crippen LogP contribution >= 0.6 is 0 Å². The summed E-state index contributed by atoms with van der Waals surface area (Å²) in [5.41, 5.74) is 2.93. The molecule has 1 aromatic carbocycles. The van der Waals surface area contributed by atoms with Gasteiger partial charge in [-0.3, -0.25) is 4.21 Å². The molecule has 3 heteroatoms. The highest BCUT2D eigenvalue weighted by molar-refractivity contribution is 7.84. The van der Waals surface area contributed by atoms with Crippen LogP contribution in [0.5, 0.6) is 0 Å². The highest BCUT2D eigenvalue weighted by Crippen LogP contribution is 2.21. The Morgan fingerprint density at radius 2 is 1.93 bits per heavy atom. The van der Waals surface area contributed by atoms with E-state index in [1.807, 2.05) is 0 Å². The van der Waals surface area contributed by atoms with Crippen LogP contribution in [0, 0.1) is 0 Å². The molecule has 1 unspecified atom stereocenters. The smallest absolute Gasteiger partial charge is 0.0357 e. The van der Waals surface area contributed by atoms with E-state index in [2.05, 4.69) is 29.6 Å². The maximum Gasteiger partial charge on any atom is 0.0357 e. The quantitative estimate of drug-likeness (QED) is 0.829. The fraction of sp³-hybridized carbons (Fsp3) is 0.500. The van der Waals surface area contributed by atoms with Crippen molar-refractivity contribution in [3.05, 3.63) is 35.4 Å². The summed E-state index contributed by atoms with van der Waals surface area (Å²) in [5, 5.41) is 3.47. The summed E-state index contributed by atoms with van der Waals surface area (Å²) in [6.07, 6.45) is 3.99. The summed E-state index contributed by atoms with van der Waals surface area (Å²) < 4.78 is 10.9. The molecule has 0 saturated carbocycles. The second-order valence-electron chi connectivity index (χ2n) is 4.11. The van der Waals surface area contributed by atoms with Gasteiger partial charge in [-0.15, -0.1) is 0 Å². The molecule has 0 aromatic heterocycles. The van der Waals surface area contributed by atoms with Gasteiger partial charge in [-0.05, 0) is 24.0 Å². The van der Waals surface area contributed by atoms with Gasteiger partial charge >= 0.3 is 0 Å². The highest BCUT2D eigenvalue weighted by Gasteiger charge is 2.19. The van der Waals surface area contributed by atoms with Gasteiger partial charge in [0.25, 0.3) is 0 Å². The van der Waals surface area contributed by atoms with Gasteiger partial charge in [0, 0.05) is 35.4 Å². The number of fused-ring (bicyclic) bond motifs is 1. The Balaban J connectivity index is 1.83. The molecule has 1 atom stereocenters. The summed E-state index contributed by atoms with van der Waals surface area (Å²) >= 11 is 0. The first-order valence-electron chi connectivity index (χ1n) is 5.36. The molecule has 1 aliphatic carbocycles. The standard InChI is InChI=1S/C12H17NOS/c1-15(14)7-6-13-12-8-10-4-2-3-5-11(10)9-12/h2-5,12-13H,6-9H2,1H3. The topological polar surface area (TPSA) is 29.1 Å². The summed E-state index contributed by atoms with van der Waals surface area (Å²) in [6, 6.07) is 9.15. The van der Waals surface area contributed by atoms with Gasteiger partial charge in [0.15, 0.2) is 0 Å². The third-order valence-electron chi connectivity index (χ3n) is 2.87. The second-order valence-corrected chi connectivity index (χ2v) is 5.66. The second kappa shape index (κ2) is 4.90. The van der Waals surface area contributed by atoms with Crippen LogP contribution in [-0.2, 0) is 23.6 Å². The van der Waals surface area contributed by atoms with Crippen LogP contribution in [0.25, 0.3) is 0 Å². The van der Waals surface area contributed by atoms with Gasteiger partial charge in [-0.2, -0.15) is 0 Å². The first kappa shape index (κ1) is 10.8. The predicted molar refractivity (Wildman–Crippen MR) is 64.6 cm³/mol. The van der Waals surface area contributed by atoms with E-state index in [1.54, 1.807) is 6.26 Å². The van der Waals surface area contributed by atoms with E-state index >= 15 is 0 Å². The van der Waals surface area contributed by atoms with Crippen LogP contribution in [0.3, 0.4) is 0 Å². The molecular weight excluding hydrogens is 206 g/mol. The summed E-state index contributed by atoms with van der Waals surface area (Å²) in [7, 11) is -0.678. The zero-order chi connectivity index (χ0) is 10.7. The Bertz CT molecular complexity index is 339. The van der Waals surface area contributed by atoms with Crippen molar-refractivity contribution in [1.29, 1.82) is 0 Å². The molecule has 0 amide bonds. The molecule has 0 radical (unpaired) electrons. The molecule has 2 nitrogen and oxygen atoms in total. The molecular formula is C12H17NOS. The van der Waals surface area contributed by atoms with Crippen molar-refractivity contribution in [2.75, 3.05) is 18.6 Å². The van der Waals surface area contributed by atoms with Crippen molar-refractivity contribution >= 4 is 10.8 Å². The van der Waals surface area contributed by atoms with Crippen LogP contribution < -0.4 is 5.32 Å². The van der Waals surface area contributed by atoms with Crippen LogP contribution in [0.2, 0.25) is 0 Å². The minimum absolute atomic E-state index is 0.547. The number of hydrogen-bond donors (Lipinski definition) is 1. The zero-order valence-electron chi connectivity index (χ0n) is 9.03. The van der Waals surface area contributed by atoms with E-state index in [9.17, 15) is 4.21 Å². The first-order valence-corrected chi connectivity index (χ1v) is 7.08. The van der Waals surface area contributed by atoms with Crippen molar-refractivity contribution in [3.8, 4) is 0 Å². The Hall–Kier alpha value is -0.670. The zero-order valence-corrected chi connectivity index (χ0v) is 9.85. The monoisotopic (exact) mass is 223 g/mol. The molecule has 0 aliphatic heterocycles. The number of rotatable bonds is 4. The summed E-state index contributed by atoms with van der Waals surface area (Å²) in [6.45, 7) is 0.863. The molecule has 0 spiro atoms. The lowest BCUT2D eigenvalue weighted by Gasteiger charge is -2.10. The Labute approximate surface area is 93.5 Å². The normalized spacial score (nSPS) is 17.7. The minimum Gasteiger partial charge on any atom is -0.312 e. The van der Waals surface area contributed by atoms with Gasteiger partial charge in [0.2, 0.25) is 0 Å². The van der Waals surface area contributed by atoms with Crippen molar-refractivity contribution < 1.29 is 4.21 Å². The average molecular weight is 223 g/mol. The lowest BCUT2D eigenvalue weighted by atomic mass is 10.1. The number of nitrogens with one attached hydrogen (secondary N) is 1. The fourth-order valence-corrected chi connectivity index (χ4v) is 2.52. The van der Waals surface area contributed by atoms with E-state index < -0.39 is 10.8 Å². The van der Waals surface area contributed by atoms with E-state index in [0.717, 1.165) is 25.1 Å². The fourth-order valence-electron chi connectivity index (χ4n) is 2.11. The van der Waals surface area contributed by atoms with Crippen molar-refractivity contribution in [1.82, 2.24) is 5.32 Å². The van der Waals surface area contributed by atoms with Crippen LogP contribution in [0.4, 0.5) is 0 Å². The first-order chi connectivity index (χ1) is 7.25. The van der Waals surface area contributed by atoms with Gasteiger partial charge in [0.05, 0.1) is 0 Å². The van der Waals surface area contributed by atoms with Crippen molar-refractivity contribution in [2.24, 2.45) is 0 Å². The van der Waals surface area contributed by atoms with E-state index in [0.29, 0.717) is 6.04 Å². The van der Waals surface area contributed by atoms with Crippen LogP contribution in [0.1, 0.15) is 11.1 Å².